The normalized spacial score (nSPS) is 21.0. The number of likely N-dealkylation sites (tertiary alicyclic amines) is 1. The van der Waals surface area contributed by atoms with Crippen LogP contribution in [0.4, 0.5) is 16.2 Å². The third-order valence-corrected chi connectivity index (χ3v) is 4.57. The average Bonchev–Trinajstić information content (AvgIpc) is 3.01. The van der Waals surface area contributed by atoms with Crippen LogP contribution in [0.25, 0.3) is 0 Å². The number of hydrogen-bond donors (Lipinski definition) is 2. The Labute approximate surface area is 140 Å². The molecule has 3 rings (SSSR count). The van der Waals surface area contributed by atoms with Crippen LogP contribution in [0, 0.1) is 5.92 Å². The Morgan fingerprint density at radius 2 is 1.96 bits per heavy atom. The monoisotopic (exact) mass is 331 g/mol. The van der Waals surface area contributed by atoms with E-state index in [0.29, 0.717) is 43.7 Å². The lowest BCUT2D eigenvalue weighted by Crippen LogP contribution is -2.44. The van der Waals surface area contributed by atoms with Gasteiger partial charge in [0.15, 0.2) is 0 Å². The van der Waals surface area contributed by atoms with E-state index in [2.05, 4.69) is 5.32 Å². The second-order valence-electron chi connectivity index (χ2n) is 6.22. The molecule has 3 amide bonds. The summed E-state index contributed by atoms with van der Waals surface area (Å²) in [5.41, 5.74) is 1.27. The average molecular weight is 331 g/mol. The van der Waals surface area contributed by atoms with Gasteiger partial charge in [-0.15, -0.1) is 0 Å². The fraction of sp³-hybridized carbons (Fsp3) is 0.471. The molecule has 0 radical (unpaired) electrons. The topological polar surface area (TPSA) is 89.9 Å². The first kappa shape index (κ1) is 16.3. The summed E-state index contributed by atoms with van der Waals surface area (Å²) in [6, 6.07) is 6.89. The van der Waals surface area contributed by atoms with Crippen LogP contribution in [0.1, 0.15) is 25.7 Å². The maximum Gasteiger partial charge on any atom is 0.321 e. The van der Waals surface area contributed by atoms with Crippen molar-refractivity contribution in [3.63, 3.8) is 0 Å². The molecule has 1 aromatic carbocycles. The molecule has 24 heavy (non-hydrogen) atoms. The van der Waals surface area contributed by atoms with E-state index >= 15 is 0 Å². The molecule has 0 spiro atoms. The van der Waals surface area contributed by atoms with Crippen molar-refractivity contribution in [2.45, 2.75) is 25.7 Å². The van der Waals surface area contributed by atoms with E-state index in [1.807, 2.05) is 12.1 Å². The standard InChI is InChI=1S/C17H21N3O4/c21-15-8-4-10-20(15)14-7-2-1-6-13(14)18-17(24)19-9-3-5-12(11-19)16(22)23/h1-2,6-7,12H,3-5,8-11H2,(H,18,24)(H,22,23). The first-order valence-corrected chi connectivity index (χ1v) is 8.24. The van der Waals surface area contributed by atoms with Crippen LogP contribution in [0.15, 0.2) is 24.3 Å². The third kappa shape index (κ3) is 3.34. The largest absolute Gasteiger partial charge is 0.481 e. The zero-order chi connectivity index (χ0) is 17.1. The molecule has 7 heteroatoms. The summed E-state index contributed by atoms with van der Waals surface area (Å²) in [6.45, 7) is 1.41. The van der Waals surface area contributed by atoms with Crippen LogP contribution >= 0.6 is 0 Å². The maximum atomic E-state index is 12.5. The van der Waals surface area contributed by atoms with E-state index in [0.717, 1.165) is 6.42 Å². The third-order valence-electron chi connectivity index (χ3n) is 4.57. The number of piperidine rings is 1. The number of nitrogens with one attached hydrogen (secondary N) is 1. The van der Waals surface area contributed by atoms with Crippen LogP contribution in [0.2, 0.25) is 0 Å². The molecule has 2 fully saturated rings. The minimum atomic E-state index is -0.865. The molecule has 2 saturated heterocycles. The highest BCUT2D eigenvalue weighted by molar-refractivity contribution is 6.01. The van der Waals surface area contributed by atoms with Gasteiger partial charge in [-0.25, -0.2) is 4.79 Å². The highest BCUT2D eigenvalue weighted by Gasteiger charge is 2.29. The van der Waals surface area contributed by atoms with Crippen LogP contribution < -0.4 is 10.2 Å². The number of anilines is 2. The van der Waals surface area contributed by atoms with Crippen molar-refractivity contribution in [1.82, 2.24) is 4.90 Å². The van der Waals surface area contributed by atoms with E-state index < -0.39 is 11.9 Å². The maximum absolute atomic E-state index is 12.5. The summed E-state index contributed by atoms with van der Waals surface area (Å²) in [5.74, 6) is -1.32. The zero-order valence-corrected chi connectivity index (χ0v) is 13.4. The lowest BCUT2D eigenvalue weighted by atomic mass is 9.99. The molecule has 2 aliphatic heterocycles. The molecule has 0 saturated carbocycles. The van der Waals surface area contributed by atoms with Crippen LogP contribution in [-0.2, 0) is 9.59 Å². The highest BCUT2D eigenvalue weighted by atomic mass is 16.4. The van der Waals surface area contributed by atoms with Crippen LogP contribution in [-0.4, -0.2) is 47.5 Å². The highest BCUT2D eigenvalue weighted by Crippen LogP contribution is 2.30. The fourth-order valence-electron chi connectivity index (χ4n) is 3.28. The Balaban J connectivity index is 1.73. The van der Waals surface area contributed by atoms with Gasteiger partial charge < -0.3 is 20.2 Å². The summed E-state index contributed by atoms with van der Waals surface area (Å²) >= 11 is 0. The second-order valence-corrected chi connectivity index (χ2v) is 6.22. The quantitative estimate of drug-likeness (QED) is 0.888. The molecule has 2 N–H and O–H groups in total. The van der Waals surface area contributed by atoms with Gasteiger partial charge in [0, 0.05) is 26.1 Å². The van der Waals surface area contributed by atoms with E-state index in [4.69, 9.17) is 5.11 Å². The zero-order valence-electron chi connectivity index (χ0n) is 13.4. The van der Waals surface area contributed by atoms with Gasteiger partial charge in [0.1, 0.15) is 0 Å². The van der Waals surface area contributed by atoms with Crippen LogP contribution in [0.3, 0.4) is 0 Å². The molecule has 1 unspecified atom stereocenters. The lowest BCUT2D eigenvalue weighted by Gasteiger charge is -2.31. The van der Waals surface area contributed by atoms with Gasteiger partial charge in [-0.3, -0.25) is 9.59 Å². The predicted molar refractivity (Wildman–Crippen MR) is 89.0 cm³/mol. The Kier molecular flexibility index (Phi) is 4.69. The van der Waals surface area contributed by atoms with Crippen molar-refractivity contribution < 1.29 is 19.5 Å². The molecular formula is C17H21N3O4. The second kappa shape index (κ2) is 6.90. The van der Waals surface area contributed by atoms with Gasteiger partial charge in [0.25, 0.3) is 0 Å². The van der Waals surface area contributed by atoms with Gasteiger partial charge in [0.2, 0.25) is 5.91 Å². The molecular weight excluding hydrogens is 310 g/mol. The molecule has 1 atom stereocenters. The number of amides is 3. The minimum Gasteiger partial charge on any atom is -0.481 e. The number of benzene rings is 1. The van der Waals surface area contributed by atoms with Crippen molar-refractivity contribution >= 4 is 29.3 Å². The van der Waals surface area contributed by atoms with Gasteiger partial charge in [-0.1, -0.05) is 12.1 Å². The summed E-state index contributed by atoms with van der Waals surface area (Å²) in [5, 5.41) is 12.0. The Bertz CT molecular complexity index is 661. The van der Waals surface area contributed by atoms with Gasteiger partial charge in [-0.05, 0) is 31.4 Å². The van der Waals surface area contributed by atoms with Crippen molar-refractivity contribution in [3.05, 3.63) is 24.3 Å². The molecule has 0 aliphatic carbocycles. The molecule has 7 nitrogen and oxygen atoms in total. The smallest absolute Gasteiger partial charge is 0.321 e. The number of para-hydroxylation sites is 2. The Morgan fingerprint density at radius 1 is 1.17 bits per heavy atom. The molecule has 0 bridgehead atoms. The van der Waals surface area contributed by atoms with Crippen molar-refractivity contribution in [1.29, 1.82) is 0 Å². The van der Waals surface area contributed by atoms with E-state index in [-0.39, 0.29) is 18.5 Å². The molecule has 128 valence electrons. The summed E-state index contributed by atoms with van der Waals surface area (Å²) in [6.07, 6.45) is 2.61. The summed E-state index contributed by atoms with van der Waals surface area (Å²) in [4.78, 5) is 38.8. The van der Waals surface area contributed by atoms with Crippen molar-refractivity contribution in [2.24, 2.45) is 5.92 Å². The van der Waals surface area contributed by atoms with Crippen molar-refractivity contribution in [3.8, 4) is 0 Å². The van der Waals surface area contributed by atoms with E-state index in [1.54, 1.807) is 17.0 Å². The van der Waals surface area contributed by atoms with Crippen molar-refractivity contribution in [2.75, 3.05) is 29.9 Å². The number of hydrogen-bond acceptors (Lipinski definition) is 3. The number of carboxylic acid groups (broad SMARTS) is 1. The summed E-state index contributed by atoms with van der Waals surface area (Å²) in [7, 11) is 0. The fourth-order valence-corrected chi connectivity index (χ4v) is 3.28. The lowest BCUT2D eigenvalue weighted by molar-refractivity contribution is -0.143. The Hall–Kier alpha value is -2.57. The van der Waals surface area contributed by atoms with Gasteiger partial charge >= 0.3 is 12.0 Å². The number of urea groups is 1. The Morgan fingerprint density at radius 3 is 2.67 bits per heavy atom. The molecule has 0 aromatic heterocycles. The number of nitrogens with zero attached hydrogens (tertiary/aromatic N) is 2. The first-order chi connectivity index (χ1) is 11.6. The van der Waals surface area contributed by atoms with Gasteiger partial charge in [0.05, 0.1) is 17.3 Å². The van der Waals surface area contributed by atoms with E-state index in [1.165, 1.54) is 4.90 Å². The predicted octanol–water partition coefficient (Wildman–Crippen LogP) is 2.14. The SMILES string of the molecule is O=C(O)C1CCCN(C(=O)Nc2ccccc2N2CCCC2=O)C1. The number of aliphatic carboxylic acids is 1. The number of carboxylic acids is 1. The molecule has 2 heterocycles. The number of carbonyl (C=O) groups is 3. The van der Waals surface area contributed by atoms with E-state index in [9.17, 15) is 14.4 Å². The van der Waals surface area contributed by atoms with Crippen LogP contribution in [0.5, 0.6) is 0 Å². The number of carbonyl (C=O) groups excluding carboxylic acids is 2. The minimum absolute atomic E-state index is 0.0561. The summed E-state index contributed by atoms with van der Waals surface area (Å²) < 4.78 is 0. The number of rotatable bonds is 3. The first-order valence-electron chi connectivity index (χ1n) is 8.24. The molecule has 2 aliphatic rings. The molecule has 1 aromatic rings. The van der Waals surface area contributed by atoms with Gasteiger partial charge in [-0.2, -0.15) is 0 Å².